The molecule has 0 aromatic carbocycles. The quantitative estimate of drug-likeness (QED) is 0.141. The standard InChI is InChI=1S/C16H21F14N5O2/c17-11(18,13(21,22)15(25,26)27)9(36)34-7-5-32-3-1-31-2-4-33-6-8-35-10(37)12(19,20)14(23,24)16(28,29)30/h31-33H,1-8H2,(H,34,36)(H,35,37). The minimum absolute atomic E-state index is 0.0868. The molecular weight excluding hydrogens is 560 g/mol. The highest BCUT2D eigenvalue weighted by atomic mass is 19.4. The minimum atomic E-state index is -6.65. The predicted molar refractivity (Wildman–Crippen MR) is 96.5 cm³/mol. The summed E-state index contributed by atoms with van der Waals surface area (Å²) < 4.78 is 175. The van der Waals surface area contributed by atoms with Crippen molar-refractivity contribution >= 4 is 11.8 Å². The maximum atomic E-state index is 13.1. The van der Waals surface area contributed by atoms with Gasteiger partial charge in [0, 0.05) is 52.4 Å². The van der Waals surface area contributed by atoms with Crippen LogP contribution >= 0.6 is 0 Å². The number of nitrogens with one attached hydrogen (secondary N) is 5. The van der Waals surface area contributed by atoms with E-state index < -0.39 is 60.9 Å². The van der Waals surface area contributed by atoms with Crippen molar-refractivity contribution in [2.24, 2.45) is 0 Å². The molecule has 0 unspecified atom stereocenters. The Kier molecular flexibility index (Phi) is 12.3. The first-order valence-corrected chi connectivity index (χ1v) is 9.88. The molecule has 0 spiro atoms. The highest BCUT2D eigenvalue weighted by Crippen LogP contribution is 2.47. The molecule has 0 aliphatic heterocycles. The van der Waals surface area contributed by atoms with Crippen molar-refractivity contribution < 1.29 is 71.1 Å². The number of halogens is 14. The van der Waals surface area contributed by atoms with Crippen LogP contribution in [0, 0.1) is 0 Å². The molecule has 0 heterocycles. The molecule has 0 aromatic rings. The predicted octanol–water partition coefficient (Wildman–Crippen LogP) is 1.65. The summed E-state index contributed by atoms with van der Waals surface area (Å²) in [5, 5.41) is 10.2. The Morgan fingerprint density at radius 2 is 0.622 bits per heavy atom. The number of hydrogen-bond acceptors (Lipinski definition) is 5. The SMILES string of the molecule is O=C(NCCNCCNCCNCCNC(=O)C(F)(F)C(F)(F)C(F)(F)F)C(F)(F)C(F)(F)C(F)(F)F. The molecule has 0 aliphatic carbocycles. The summed E-state index contributed by atoms with van der Waals surface area (Å²) in [5.41, 5.74) is 0. The highest BCUT2D eigenvalue weighted by Gasteiger charge is 2.77. The number of amides is 2. The molecule has 0 rings (SSSR count). The fourth-order valence-electron chi connectivity index (χ4n) is 2.12. The summed E-state index contributed by atoms with van der Waals surface area (Å²) in [6.07, 6.45) is -13.3. The van der Waals surface area contributed by atoms with Crippen molar-refractivity contribution in [1.29, 1.82) is 0 Å². The Bertz CT molecular complexity index is 682. The second kappa shape index (κ2) is 13.1. The monoisotopic (exact) mass is 581 g/mol. The molecule has 220 valence electrons. The molecule has 0 aliphatic rings. The van der Waals surface area contributed by atoms with Crippen LogP contribution in [0.1, 0.15) is 0 Å². The second-order valence-corrected chi connectivity index (χ2v) is 7.05. The Morgan fingerprint density at radius 1 is 0.405 bits per heavy atom. The zero-order valence-electron chi connectivity index (χ0n) is 18.3. The van der Waals surface area contributed by atoms with Gasteiger partial charge in [-0.15, -0.1) is 0 Å². The van der Waals surface area contributed by atoms with Crippen LogP contribution in [0.25, 0.3) is 0 Å². The molecule has 0 atom stereocenters. The highest BCUT2D eigenvalue weighted by molar-refractivity contribution is 5.85. The van der Waals surface area contributed by atoms with E-state index in [0.717, 1.165) is 0 Å². The summed E-state index contributed by atoms with van der Waals surface area (Å²) in [7, 11) is 0. The Labute approximate surface area is 199 Å². The van der Waals surface area contributed by atoms with Gasteiger partial charge in [-0.2, -0.15) is 61.5 Å². The third-order valence-corrected chi connectivity index (χ3v) is 4.20. The fraction of sp³-hybridized carbons (Fsp3) is 0.875. The van der Waals surface area contributed by atoms with E-state index in [4.69, 9.17) is 0 Å². The van der Waals surface area contributed by atoms with Gasteiger partial charge in [-0.25, -0.2) is 0 Å². The third-order valence-electron chi connectivity index (χ3n) is 4.20. The van der Waals surface area contributed by atoms with Crippen molar-refractivity contribution in [3.63, 3.8) is 0 Å². The molecule has 0 saturated heterocycles. The first kappa shape index (κ1) is 34.8. The van der Waals surface area contributed by atoms with Crippen LogP contribution in [0.4, 0.5) is 61.5 Å². The molecule has 0 fully saturated rings. The van der Waals surface area contributed by atoms with Crippen LogP contribution in [0.15, 0.2) is 0 Å². The molecule has 37 heavy (non-hydrogen) atoms. The smallest absolute Gasteiger partial charge is 0.349 e. The zero-order valence-corrected chi connectivity index (χ0v) is 18.3. The van der Waals surface area contributed by atoms with Crippen molar-refractivity contribution in [3.05, 3.63) is 0 Å². The van der Waals surface area contributed by atoms with Gasteiger partial charge in [0.15, 0.2) is 0 Å². The Balaban J connectivity index is 3.96. The van der Waals surface area contributed by atoms with Crippen molar-refractivity contribution in [1.82, 2.24) is 26.6 Å². The van der Waals surface area contributed by atoms with E-state index >= 15 is 0 Å². The van der Waals surface area contributed by atoms with Crippen LogP contribution in [-0.2, 0) is 9.59 Å². The van der Waals surface area contributed by atoms with Crippen LogP contribution in [0.5, 0.6) is 0 Å². The van der Waals surface area contributed by atoms with Gasteiger partial charge in [0.1, 0.15) is 0 Å². The van der Waals surface area contributed by atoms with Crippen LogP contribution in [-0.4, -0.2) is 100 Å². The molecule has 0 radical (unpaired) electrons. The van der Waals surface area contributed by atoms with Gasteiger partial charge in [-0.05, 0) is 0 Å². The van der Waals surface area contributed by atoms with E-state index in [1.807, 2.05) is 0 Å². The molecule has 21 heteroatoms. The van der Waals surface area contributed by atoms with Crippen molar-refractivity contribution in [3.8, 4) is 0 Å². The van der Waals surface area contributed by atoms with Crippen LogP contribution < -0.4 is 26.6 Å². The number of hydrogen-bond donors (Lipinski definition) is 5. The van der Waals surface area contributed by atoms with Gasteiger partial charge in [-0.1, -0.05) is 0 Å². The molecule has 2 amide bonds. The van der Waals surface area contributed by atoms with E-state index in [1.165, 1.54) is 10.6 Å². The molecule has 7 nitrogen and oxygen atoms in total. The van der Waals surface area contributed by atoms with Gasteiger partial charge in [0.05, 0.1) is 0 Å². The maximum Gasteiger partial charge on any atom is 0.460 e. The van der Waals surface area contributed by atoms with Gasteiger partial charge in [-0.3, -0.25) is 9.59 Å². The third kappa shape index (κ3) is 8.97. The molecule has 0 aromatic heterocycles. The van der Waals surface area contributed by atoms with Crippen molar-refractivity contribution in [2.75, 3.05) is 52.4 Å². The van der Waals surface area contributed by atoms with E-state index in [1.54, 1.807) is 0 Å². The topological polar surface area (TPSA) is 94.3 Å². The Hall–Kier alpha value is -2.16. The van der Waals surface area contributed by atoms with Gasteiger partial charge >= 0.3 is 36.0 Å². The largest absolute Gasteiger partial charge is 0.460 e. The summed E-state index contributed by atoms with van der Waals surface area (Å²) in [6, 6.07) is 0. The molecule has 5 N–H and O–H groups in total. The Morgan fingerprint density at radius 3 is 0.838 bits per heavy atom. The average Bonchev–Trinajstić information content (AvgIpc) is 2.74. The minimum Gasteiger partial charge on any atom is -0.349 e. The lowest BCUT2D eigenvalue weighted by molar-refractivity contribution is -0.344. The number of alkyl halides is 14. The number of carbonyl (C=O) groups is 2. The van der Waals surface area contributed by atoms with Crippen molar-refractivity contribution in [2.45, 2.75) is 36.0 Å². The summed E-state index contributed by atoms with van der Waals surface area (Å²) in [4.78, 5) is 22.0. The first-order valence-electron chi connectivity index (χ1n) is 9.88. The normalized spacial score (nSPS) is 14.0. The van der Waals surface area contributed by atoms with E-state index in [2.05, 4.69) is 16.0 Å². The summed E-state index contributed by atoms with van der Waals surface area (Å²) >= 11 is 0. The lowest BCUT2D eigenvalue weighted by Crippen LogP contribution is -2.59. The zero-order chi connectivity index (χ0) is 29.3. The average molecular weight is 581 g/mol. The summed E-state index contributed by atoms with van der Waals surface area (Å²) in [6.45, 7) is -1.53. The summed E-state index contributed by atoms with van der Waals surface area (Å²) in [5.74, 6) is -30.9. The van der Waals surface area contributed by atoms with Crippen LogP contribution in [0.2, 0.25) is 0 Å². The molecular formula is C16H21F14N5O2. The number of carbonyl (C=O) groups excluding carboxylic acids is 2. The fourth-order valence-corrected chi connectivity index (χ4v) is 2.12. The van der Waals surface area contributed by atoms with Crippen LogP contribution in [0.3, 0.4) is 0 Å². The molecule has 0 saturated carbocycles. The van der Waals surface area contributed by atoms with E-state index in [-0.39, 0.29) is 39.3 Å². The van der Waals surface area contributed by atoms with E-state index in [0.29, 0.717) is 0 Å². The van der Waals surface area contributed by atoms with E-state index in [9.17, 15) is 71.1 Å². The number of rotatable bonds is 16. The molecule has 0 bridgehead atoms. The maximum absolute atomic E-state index is 13.1. The second-order valence-electron chi connectivity index (χ2n) is 7.05. The van der Waals surface area contributed by atoms with Gasteiger partial charge in [0.2, 0.25) is 0 Å². The lowest BCUT2D eigenvalue weighted by atomic mass is 10.1. The first-order chi connectivity index (χ1) is 16.5. The lowest BCUT2D eigenvalue weighted by Gasteiger charge is -2.27. The van der Waals surface area contributed by atoms with Gasteiger partial charge < -0.3 is 26.6 Å². The van der Waals surface area contributed by atoms with Gasteiger partial charge in [0.25, 0.3) is 11.8 Å².